The van der Waals surface area contributed by atoms with Crippen LogP contribution in [-0.2, 0) is 13.0 Å². The van der Waals surface area contributed by atoms with Gasteiger partial charge in [0.05, 0.1) is 6.54 Å². The zero-order chi connectivity index (χ0) is 12.3. The zero-order valence-electron chi connectivity index (χ0n) is 11.2. The van der Waals surface area contributed by atoms with Crippen LogP contribution in [0.4, 0.5) is 0 Å². The number of hydrazine groups is 1. The summed E-state index contributed by atoms with van der Waals surface area (Å²) in [6, 6.07) is 5.39. The van der Waals surface area contributed by atoms with Gasteiger partial charge < -0.3 is 4.42 Å². The molecule has 0 aliphatic carbocycles. The van der Waals surface area contributed by atoms with E-state index in [0.29, 0.717) is 12.1 Å². The Morgan fingerprint density at radius 1 is 1.24 bits per heavy atom. The van der Waals surface area contributed by atoms with E-state index in [1.54, 1.807) is 0 Å². The molecule has 0 spiro atoms. The lowest BCUT2D eigenvalue weighted by Gasteiger charge is -2.38. The quantitative estimate of drug-likeness (QED) is 0.870. The van der Waals surface area contributed by atoms with E-state index in [9.17, 15) is 0 Å². The fraction of sp³-hybridized carbons (Fsp3) is 0.714. The first kappa shape index (κ1) is 12.7. The second-order valence-corrected chi connectivity index (χ2v) is 5.09. The third-order valence-electron chi connectivity index (χ3n) is 3.70. The molecular weight excluding hydrogens is 212 g/mol. The molecule has 1 aromatic heterocycles. The summed E-state index contributed by atoms with van der Waals surface area (Å²) in [5.74, 6) is 2.10. The molecule has 0 amide bonds. The standard InChI is InChI=1S/C14H24N2O/c1-4-13-8-9-14(17-13)10-15-16-11(2)6-5-7-12(16)3/h8-9,11-12,15H,4-7,10H2,1-3H3. The molecule has 0 radical (unpaired) electrons. The van der Waals surface area contributed by atoms with E-state index < -0.39 is 0 Å². The summed E-state index contributed by atoms with van der Waals surface area (Å²) in [6.07, 6.45) is 4.89. The number of hydrogen-bond donors (Lipinski definition) is 1. The van der Waals surface area contributed by atoms with Crippen molar-refractivity contribution in [3.8, 4) is 0 Å². The Morgan fingerprint density at radius 3 is 2.47 bits per heavy atom. The van der Waals surface area contributed by atoms with Gasteiger partial charge in [-0.3, -0.25) is 0 Å². The second-order valence-electron chi connectivity index (χ2n) is 5.09. The van der Waals surface area contributed by atoms with Crippen molar-refractivity contribution in [2.45, 2.75) is 65.1 Å². The van der Waals surface area contributed by atoms with E-state index in [1.165, 1.54) is 19.3 Å². The lowest BCUT2D eigenvalue weighted by Crippen LogP contribution is -2.51. The van der Waals surface area contributed by atoms with Crippen LogP contribution in [0.15, 0.2) is 16.5 Å². The monoisotopic (exact) mass is 236 g/mol. The van der Waals surface area contributed by atoms with E-state index >= 15 is 0 Å². The zero-order valence-corrected chi connectivity index (χ0v) is 11.2. The molecular formula is C14H24N2O. The van der Waals surface area contributed by atoms with Crippen molar-refractivity contribution in [2.24, 2.45) is 0 Å². The van der Waals surface area contributed by atoms with Crippen molar-refractivity contribution in [2.75, 3.05) is 0 Å². The van der Waals surface area contributed by atoms with Gasteiger partial charge in [0.15, 0.2) is 0 Å². The summed E-state index contributed by atoms with van der Waals surface area (Å²) in [5, 5.41) is 2.39. The van der Waals surface area contributed by atoms with Crippen LogP contribution in [0.2, 0.25) is 0 Å². The van der Waals surface area contributed by atoms with Gasteiger partial charge in [0.1, 0.15) is 11.5 Å². The average Bonchev–Trinajstić information content (AvgIpc) is 2.76. The van der Waals surface area contributed by atoms with E-state index in [1.807, 2.05) is 0 Å². The fourth-order valence-corrected chi connectivity index (χ4v) is 2.61. The van der Waals surface area contributed by atoms with Crippen molar-refractivity contribution in [1.82, 2.24) is 10.4 Å². The fourth-order valence-electron chi connectivity index (χ4n) is 2.61. The number of nitrogens with one attached hydrogen (secondary N) is 1. The van der Waals surface area contributed by atoms with E-state index in [4.69, 9.17) is 4.42 Å². The highest BCUT2D eigenvalue weighted by Crippen LogP contribution is 2.20. The maximum atomic E-state index is 5.71. The lowest BCUT2D eigenvalue weighted by molar-refractivity contribution is 0.0410. The van der Waals surface area contributed by atoms with Gasteiger partial charge in [0, 0.05) is 18.5 Å². The van der Waals surface area contributed by atoms with Gasteiger partial charge in [-0.15, -0.1) is 0 Å². The number of furan rings is 1. The molecule has 3 heteroatoms. The minimum atomic E-state index is 0.624. The van der Waals surface area contributed by atoms with Crippen molar-refractivity contribution in [1.29, 1.82) is 0 Å². The third kappa shape index (κ3) is 3.11. The topological polar surface area (TPSA) is 28.4 Å². The van der Waals surface area contributed by atoms with Crippen LogP contribution in [0.5, 0.6) is 0 Å². The molecule has 1 fully saturated rings. The van der Waals surface area contributed by atoms with Crippen LogP contribution in [-0.4, -0.2) is 17.1 Å². The Morgan fingerprint density at radius 2 is 1.88 bits per heavy atom. The molecule has 1 aromatic rings. The summed E-state index contributed by atoms with van der Waals surface area (Å²) in [6.45, 7) is 7.50. The Kier molecular flexibility index (Phi) is 4.24. The van der Waals surface area contributed by atoms with Crippen molar-refractivity contribution >= 4 is 0 Å². The highest BCUT2D eigenvalue weighted by atomic mass is 16.3. The Balaban J connectivity index is 1.87. The summed E-state index contributed by atoms with van der Waals surface area (Å²) in [4.78, 5) is 0. The minimum absolute atomic E-state index is 0.624. The van der Waals surface area contributed by atoms with Crippen molar-refractivity contribution in [3.05, 3.63) is 23.7 Å². The molecule has 1 saturated heterocycles. The number of rotatable bonds is 4. The highest BCUT2D eigenvalue weighted by Gasteiger charge is 2.24. The number of nitrogens with zero attached hydrogens (tertiary/aromatic N) is 1. The van der Waals surface area contributed by atoms with Crippen LogP contribution >= 0.6 is 0 Å². The Hall–Kier alpha value is -0.800. The molecule has 0 bridgehead atoms. The van der Waals surface area contributed by atoms with Crippen molar-refractivity contribution < 1.29 is 4.42 Å². The number of aryl methyl sites for hydroxylation is 1. The molecule has 96 valence electrons. The van der Waals surface area contributed by atoms with Crippen LogP contribution in [0.25, 0.3) is 0 Å². The van der Waals surface area contributed by atoms with Gasteiger partial charge in [-0.05, 0) is 38.8 Å². The smallest absolute Gasteiger partial charge is 0.119 e. The van der Waals surface area contributed by atoms with Gasteiger partial charge in [-0.1, -0.05) is 13.3 Å². The molecule has 2 unspecified atom stereocenters. The molecule has 1 N–H and O–H groups in total. The van der Waals surface area contributed by atoms with Crippen LogP contribution < -0.4 is 5.43 Å². The predicted molar refractivity (Wildman–Crippen MR) is 69.5 cm³/mol. The van der Waals surface area contributed by atoms with E-state index in [-0.39, 0.29) is 0 Å². The third-order valence-corrected chi connectivity index (χ3v) is 3.70. The first-order chi connectivity index (χ1) is 8.20. The molecule has 0 aromatic carbocycles. The summed E-state index contributed by atoms with van der Waals surface area (Å²) < 4.78 is 5.71. The maximum absolute atomic E-state index is 5.71. The maximum Gasteiger partial charge on any atom is 0.119 e. The van der Waals surface area contributed by atoms with Gasteiger partial charge in [0.2, 0.25) is 0 Å². The first-order valence-corrected chi connectivity index (χ1v) is 6.80. The Bertz CT molecular complexity index is 338. The first-order valence-electron chi connectivity index (χ1n) is 6.80. The van der Waals surface area contributed by atoms with Crippen LogP contribution in [0.1, 0.15) is 51.6 Å². The minimum Gasteiger partial charge on any atom is -0.465 e. The SMILES string of the molecule is CCc1ccc(CNN2C(C)CCCC2C)o1. The number of hydrogen-bond acceptors (Lipinski definition) is 3. The van der Waals surface area contributed by atoms with Crippen molar-refractivity contribution in [3.63, 3.8) is 0 Å². The van der Waals surface area contributed by atoms with E-state index in [0.717, 1.165) is 24.5 Å². The van der Waals surface area contributed by atoms with Crippen LogP contribution in [0, 0.1) is 0 Å². The normalized spacial score (nSPS) is 26.3. The summed E-state index contributed by atoms with van der Waals surface area (Å²) in [7, 11) is 0. The molecule has 1 aliphatic rings. The van der Waals surface area contributed by atoms with Gasteiger partial charge >= 0.3 is 0 Å². The molecule has 0 saturated carbocycles. The highest BCUT2D eigenvalue weighted by molar-refractivity contribution is 5.06. The summed E-state index contributed by atoms with van der Waals surface area (Å²) in [5.41, 5.74) is 3.51. The molecule has 3 nitrogen and oxygen atoms in total. The second kappa shape index (κ2) is 5.69. The molecule has 2 rings (SSSR count). The molecule has 17 heavy (non-hydrogen) atoms. The predicted octanol–water partition coefficient (Wildman–Crippen LogP) is 3.11. The lowest BCUT2D eigenvalue weighted by atomic mass is 10.00. The van der Waals surface area contributed by atoms with Crippen LogP contribution in [0.3, 0.4) is 0 Å². The molecule has 2 atom stereocenters. The number of piperidine rings is 1. The molecule has 2 heterocycles. The largest absolute Gasteiger partial charge is 0.465 e. The molecule has 1 aliphatic heterocycles. The van der Waals surface area contributed by atoms with Gasteiger partial charge in [-0.2, -0.15) is 0 Å². The average molecular weight is 236 g/mol. The van der Waals surface area contributed by atoms with E-state index in [2.05, 4.69) is 43.3 Å². The van der Waals surface area contributed by atoms with Gasteiger partial charge in [-0.25, -0.2) is 10.4 Å². The Labute approximate surface area is 104 Å². The van der Waals surface area contributed by atoms with Gasteiger partial charge in [0.25, 0.3) is 0 Å². The summed E-state index contributed by atoms with van der Waals surface area (Å²) >= 11 is 0.